The van der Waals surface area contributed by atoms with Crippen molar-refractivity contribution in [2.75, 3.05) is 18.9 Å². The Morgan fingerprint density at radius 2 is 1.85 bits per heavy atom. The Balaban J connectivity index is 2.12. The summed E-state index contributed by atoms with van der Waals surface area (Å²) in [5, 5.41) is 11.4. The molecule has 0 saturated carbocycles. The lowest BCUT2D eigenvalue weighted by molar-refractivity contribution is -0.254. The van der Waals surface area contributed by atoms with Crippen LogP contribution in [0.25, 0.3) is 11.0 Å². The third kappa shape index (κ3) is 3.13. The van der Waals surface area contributed by atoms with E-state index in [4.69, 9.17) is 9.47 Å². The second kappa shape index (κ2) is 6.77. The molecular weight excluding hydrogens is 382 g/mol. The van der Waals surface area contributed by atoms with Gasteiger partial charge in [-0.3, -0.25) is 4.72 Å². The lowest BCUT2D eigenvalue weighted by Gasteiger charge is -2.17. The standard InChI is InChI=1S/C15H13N3O6S2/c1-23-11-6-8(15(19)20)10(7-12(11)24-2)18-26(21,22)13-5-3-4-9-14(13)17-25-16-9/h3-7,18H,1-2H3,(H,19,20)/p-1. The van der Waals surface area contributed by atoms with Gasteiger partial charge in [0.2, 0.25) is 0 Å². The van der Waals surface area contributed by atoms with Crippen molar-refractivity contribution in [3.63, 3.8) is 0 Å². The molecule has 0 fully saturated rings. The van der Waals surface area contributed by atoms with Crippen LogP contribution < -0.4 is 19.3 Å². The van der Waals surface area contributed by atoms with Gasteiger partial charge in [0.15, 0.2) is 11.5 Å². The third-order valence-electron chi connectivity index (χ3n) is 3.53. The monoisotopic (exact) mass is 394 g/mol. The molecule has 26 heavy (non-hydrogen) atoms. The average Bonchev–Trinajstić information content (AvgIpc) is 3.09. The Bertz CT molecular complexity index is 1090. The molecule has 0 unspecified atom stereocenters. The van der Waals surface area contributed by atoms with E-state index in [-0.39, 0.29) is 27.6 Å². The summed E-state index contributed by atoms with van der Waals surface area (Å²) in [5.41, 5.74) is 0.00318. The first-order chi connectivity index (χ1) is 12.4. The van der Waals surface area contributed by atoms with Crippen LogP contribution in [0.1, 0.15) is 10.4 Å². The van der Waals surface area contributed by atoms with Crippen LogP contribution in [0.5, 0.6) is 11.5 Å². The van der Waals surface area contributed by atoms with Gasteiger partial charge in [-0.1, -0.05) is 6.07 Å². The van der Waals surface area contributed by atoms with Gasteiger partial charge in [0, 0.05) is 11.6 Å². The van der Waals surface area contributed by atoms with Gasteiger partial charge in [-0.25, -0.2) is 8.42 Å². The molecule has 0 aliphatic heterocycles. The van der Waals surface area contributed by atoms with Crippen molar-refractivity contribution in [3.05, 3.63) is 35.9 Å². The number of ether oxygens (including phenoxy) is 2. The predicted octanol–water partition coefficient (Wildman–Crippen LogP) is 0.873. The van der Waals surface area contributed by atoms with E-state index in [2.05, 4.69) is 13.5 Å². The Labute approximate surface area is 152 Å². The highest BCUT2D eigenvalue weighted by molar-refractivity contribution is 7.93. The number of carbonyl (C=O) groups excluding carboxylic acids is 1. The number of rotatable bonds is 6. The second-order valence-electron chi connectivity index (χ2n) is 5.03. The van der Waals surface area contributed by atoms with Crippen molar-refractivity contribution in [2.45, 2.75) is 4.90 Å². The first-order valence-electron chi connectivity index (χ1n) is 7.09. The smallest absolute Gasteiger partial charge is 0.264 e. The number of nitrogens with one attached hydrogen (secondary N) is 1. The first-order valence-corrected chi connectivity index (χ1v) is 9.30. The van der Waals surface area contributed by atoms with Crippen molar-refractivity contribution in [3.8, 4) is 11.5 Å². The molecule has 0 saturated heterocycles. The fraction of sp³-hybridized carbons (Fsp3) is 0.133. The van der Waals surface area contributed by atoms with Crippen molar-refractivity contribution < 1.29 is 27.8 Å². The molecule has 0 aliphatic carbocycles. The molecule has 0 atom stereocenters. The number of nitrogens with zero attached hydrogens (tertiary/aromatic N) is 2. The number of carbonyl (C=O) groups is 1. The fourth-order valence-corrected chi connectivity index (χ4v) is 4.17. The van der Waals surface area contributed by atoms with E-state index in [1.165, 1.54) is 32.4 Å². The Morgan fingerprint density at radius 3 is 2.50 bits per heavy atom. The molecule has 1 N–H and O–H groups in total. The van der Waals surface area contributed by atoms with E-state index in [0.29, 0.717) is 5.52 Å². The molecule has 1 aromatic heterocycles. The highest BCUT2D eigenvalue weighted by Crippen LogP contribution is 2.34. The zero-order valence-corrected chi connectivity index (χ0v) is 15.2. The lowest BCUT2D eigenvalue weighted by Crippen LogP contribution is -2.25. The number of carboxylic acid groups (broad SMARTS) is 1. The largest absolute Gasteiger partial charge is 0.545 e. The molecule has 1 heterocycles. The van der Waals surface area contributed by atoms with E-state index in [9.17, 15) is 18.3 Å². The van der Waals surface area contributed by atoms with Crippen LogP contribution in [-0.2, 0) is 10.0 Å². The minimum absolute atomic E-state index is 0.122. The van der Waals surface area contributed by atoms with E-state index in [0.717, 1.165) is 17.8 Å². The lowest BCUT2D eigenvalue weighted by atomic mass is 10.1. The Morgan fingerprint density at radius 1 is 1.15 bits per heavy atom. The molecule has 11 heteroatoms. The van der Waals surface area contributed by atoms with E-state index in [1.807, 2.05) is 0 Å². The normalized spacial score (nSPS) is 11.3. The van der Waals surface area contributed by atoms with Crippen molar-refractivity contribution in [1.29, 1.82) is 0 Å². The fourth-order valence-electron chi connectivity index (χ4n) is 2.33. The molecule has 0 radical (unpaired) electrons. The maximum atomic E-state index is 12.8. The number of benzene rings is 2. The summed E-state index contributed by atoms with van der Waals surface area (Å²) < 4.78 is 45.9. The van der Waals surface area contributed by atoms with Crippen LogP contribution in [0.2, 0.25) is 0 Å². The van der Waals surface area contributed by atoms with Crippen molar-refractivity contribution in [1.82, 2.24) is 8.75 Å². The van der Waals surface area contributed by atoms with Gasteiger partial charge in [0.1, 0.15) is 15.9 Å². The molecule has 0 amide bonds. The quantitative estimate of drug-likeness (QED) is 0.652. The van der Waals surface area contributed by atoms with E-state index < -0.39 is 21.6 Å². The van der Waals surface area contributed by atoms with Gasteiger partial charge in [-0.15, -0.1) is 0 Å². The maximum Gasteiger partial charge on any atom is 0.264 e. The molecular formula is C15H12N3O6S2-. The number of methoxy groups -OCH3 is 2. The van der Waals surface area contributed by atoms with Crippen LogP contribution >= 0.6 is 11.7 Å². The predicted molar refractivity (Wildman–Crippen MR) is 92.1 cm³/mol. The number of aromatic carboxylic acids is 1. The molecule has 0 aliphatic rings. The summed E-state index contributed by atoms with van der Waals surface area (Å²) in [4.78, 5) is 11.3. The first kappa shape index (κ1) is 17.9. The van der Waals surface area contributed by atoms with Gasteiger partial charge in [0.25, 0.3) is 10.0 Å². The minimum atomic E-state index is -4.14. The summed E-state index contributed by atoms with van der Waals surface area (Å²) in [7, 11) is -1.47. The minimum Gasteiger partial charge on any atom is -0.545 e. The molecule has 2 aromatic carbocycles. The molecule has 0 spiro atoms. The van der Waals surface area contributed by atoms with Gasteiger partial charge in [0.05, 0.1) is 37.6 Å². The summed E-state index contributed by atoms with van der Waals surface area (Å²) in [5.74, 6) is -1.29. The number of hydrogen-bond acceptors (Lipinski definition) is 9. The van der Waals surface area contributed by atoms with Crippen molar-refractivity contribution >= 4 is 44.4 Å². The second-order valence-corrected chi connectivity index (χ2v) is 7.21. The topological polar surface area (TPSA) is 131 Å². The number of carboxylic acids is 1. The third-order valence-corrected chi connectivity index (χ3v) is 5.47. The average molecular weight is 394 g/mol. The molecule has 3 rings (SSSR count). The van der Waals surface area contributed by atoms with Crippen LogP contribution in [0.3, 0.4) is 0 Å². The van der Waals surface area contributed by atoms with Crippen LogP contribution in [0, 0.1) is 0 Å². The SMILES string of the molecule is COc1cc(NS(=O)(=O)c2cccc3nsnc23)c(C(=O)[O-])cc1OC. The van der Waals surface area contributed by atoms with Gasteiger partial charge in [-0.2, -0.15) is 8.75 Å². The summed E-state index contributed by atoms with van der Waals surface area (Å²) in [6, 6.07) is 6.83. The molecule has 0 bridgehead atoms. The molecule has 136 valence electrons. The number of fused-ring (bicyclic) bond motifs is 1. The van der Waals surface area contributed by atoms with Gasteiger partial charge < -0.3 is 19.4 Å². The Hall–Kier alpha value is -2.92. The molecule has 9 nitrogen and oxygen atoms in total. The highest BCUT2D eigenvalue weighted by Gasteiger charge is 2.22. The maximum absolute atomic E-state index is 12.8. The van der Waals surface area contributed by atoms with Crippen LogP contribution in [0.4, 0.5) is 5.69 Å². The summed E-state index contributed by atoms with van der Waals surface area (Å²) in [6.07, 6.45) is 0. The summed E-state index contributed by atoms with van der Waals surface area (Å²) in [6.45, 7) is 0. The zero-order chi connectivity index (χ0) is 18.9. The van der Waals surface area contributed by atoms with E-state index in [1.54, 1.807) is 6.07 Å². The van der Waals surface area contributed by atoms with Crippen molar-refractivity contribution in [2.24, 2.45) is 0 Å². The summed E-state index contributed by atoms with van der Waals surface area (Å²) >= 11 is 0.876. The number of sulfonamides is 1. The zero-order valence-electron chi connectivity index (χ0n) is 13.5. The number of aromatic nitrogens is 2. The van der Waals surface area contributed by atoms with Gasteiger partial charge >= 0.3 is 0 Å². The molecule has 3 aromatic rings. The van der Waals surface area contributed by atoms with Gasteiger partial charge in [-0.05, 0) is 18.2 Å². The highest BCUT2D eigenvalue weighted by atomic mass is 32.2. The number of anilines is 1. The van der Waals surface area contributed by atoms with E-state index >= 15 is 0 Å². The number of hydrogen-bond donors (Lipinski definition) is 1. The van der Waals surface area contributed by atoms with Crippen LogP contribution in [0.15, 0.2) is 35.2 Å². The van der Waals surface area contributed by atoms with Crippen LogP contribution in [-0.4, -0.2) is 37.4 Å². The Kier molecular flexibility index (Phi) is 4.66.